The lowest BCUT2D eigenvalue weighted by molar-refractivity contribution is 0.0947. The zero-order chi connectivity index (χ0) is 24.7. The van der Waals surface area contributed by atoms with Crippen LogP contribution in [-0.4, -0.2) is 33.7 Å². The van der Waals surface area contributed by atoms with E-state index in [4.69, 9.17) is 16.3 Å². The zero-order valence-electron chi connectivity index (χ0n) is 19.5. The molecule has 0 aliphatic heterocycles. The number of benzene rings is 3. The molecule has 0 saturated heterocycles. The van der Waals surface area contributed by atoms with E-state index in [0.29, 0.717) is 35.3 Å². The highest BCUT2D eigenvalue weighted by atomic mass is 35.5. The molecule has 1 amide bonds. The monoisotopic (exact) mass is 500 g/mol. The number of para-hydroxylation sites is 1. The van der Waals surface area contributed by atoms with Gasteiger partial charge in [0.2, 0.25) is 10.0 Å². The average Bonchev–Trinajstić information content (AvgIpc) is 2.80. The fourth-order valence-corrected chi connectivity index (χ4v) is 4.54. The lowest BCUT2D eigenvalue weighted by atomic mass is 10.0. The number of sulfonamides is 1. The number of hydrogen-bond acceptors (Lipinski definition) is 4. The quantitative estimate of drug-likeness (QED) is 0.386. The molecular weight excluding hydrogens is 472 g/mol. The minimum absolute atomic E-state index is 0.129. The minimum Gasteiger partial charge on any atom is -0.491 e. The number of carbonyl (C=O) groups is 1. The van der Waals surface area contributed by atoms with Crippen molar-refractivity contribution in [2.45, 2.75) is 26.3 Å². The number of hydrogen-bond donors (Lipinski definition) is 1. The number of nitrogens with one attached hydrogen (secondary N) is 1. The van der Waals surface area contributed by atoms with Crippen molar-refractivity contribution in [1.29, 1.82) is 0 Å². The Hall–Kier alpha value is -3.03. The van der Waals surface area contributed by atoms with E-state index in [-0.39, 0.29) is 12.5 Å². The summed E-state index contributed by atoms with van der Waals surface area (Å²) in [5.41, 5.74) is 2.84. The van der Waals surface area contributed by atoms with Crippen LogP contribution in [0.1, 0.15) is 41.3 Å². The first-order valence-electron chi connectivity index (χ1n) is 11.0. The van der Waals surface area contributed by atoms with Crippen molar-refractivity contribution in [1.82, 2.24) is 5.32 Å². The van der Waals surface area contributed by atoms with Crippen molar-refractivity contribution in [3.05, 3.63) is 94.5 Å². The Morgan fingerprint density at radius 1 is 1.03 bits per heavy atom. The molecule has 6 nitrogen and oxygen atoms in total. The molecule has 1 N–H and O–H groups in total. The largest absolute Gasteiger partial charge is 0.491 e. The summed E-state index contributed by atoms with van der Waals surface area (Å²) in [6.07, 6.45) is 1.15. The first kappa shape index (κ1) is 25.6. The van der Waals surface area contributed by atoms with Gasteiger partial charge in [0.25, 0.3) is 5.91 Å². The first-order valence-corrected chi connectivity index (χ1v) is 13.2. The summed E-state index contributed by atoms with van der Waals surface area (Å²) in [7, 11) is -3.52. The van der Waals surface area contributed by atoms with Crippen molar-refractivity contribution in [2.75, 3.05) is 23.7 Å². The average molecular weight is 501 g/mol. The number of rotatable bonds is 10. The summed E-state index contributed by atoms with van der Waals surface area (Å²) >= 11 is 6.03. The normalized spacial score (nSPS) is 11.3. The molecule has 0 fully saturated rings. The standard InChI is InChI=1S/C26H29ClN2O4S/c1-19(2)24-9-4-5-10-25(24)33-16-15-28-26(30)21-13-11-20(12-14-21)18-29(34(3,31)32)23-8-6-7-22(27)17-23/h4-14,17,19H,15-16,18H2,1-3H3,(H,28,30). The van der Waals surface area contributed by atoms with Crippen LogP contribution in [0.5, 0.6) is 5.75 Å². The van der Waals surface area contributed by atoms with Gasteiger partial charge in [-0.15, -0.1) is 0 Å². The number of ether oxygens (including phenoxy) is 1. The Balaban J connectivity index is 1.58. The molecule has 0 unspecified atom stereocenters. The number of nitrogens with zero attached hydrogens (tertiary/aromatic N) is 1. The third kappa shape index (κ3) is 6.98. The van der Waals surface area contributed by atoms with Crippen molar-refractivity contribution in [3.63, 3.8) is 0 Å². The molecule has 0 bridgehead atoms. The third-order valence-electron chi connectivity index (χ3n) is 5.23. The van der Waals surface area contributed by atoms with Gasteiger partial charge >= 0.3 is 0 Å². The second-order valence-electron chi connectivity index (χ2n) is 8.24. The maximum absolute atomic E-state index is 12.5. The molecule has 34 heavy (non-hydrogen) atoms. The number of amides is 1. The predicted octanol–water partition coefficient (Wildman–Crippen LogP) is 5.24. The summed E-state index contributed by atoms with van der Waals surface area (Å²) in [4.78, 5) is 12.5. The maximum atomic E-state index is 12.5. The second kappa shape index (κ2) is 11.4. The van der Waals surface area contributed by atoms with Gasteiger partial charge in [0, 0.05) is 10.6 Å². The highest BCUT2D eigenvalue weighted by molar-refractivity contribution is 7.92. The van der Waals surface area contributed by atoms with Crippen molar-refractivity contribution >= 4 is 33.2 Å². The van der Waals surface area contributed by atoms with E-state index in [1.165, 1.54) is 4.31 Å². The molecule has 0 spiro atoms. The topological polar surface area (TPSA) is 75.7 Å². The smallest absolute Gasteiger partial charge is 0.251 e. The van der Waals surface area contributed by atoms with Crippen molar-refractivity contribution in [2.24, 2.45) is 0 Å². The van der Waals surface area contributed by atoms with Crippen LogP contribution in [0.2, 0.25) is 5.02 Å². The molecule has 0 heterocycles. The van der Waals surface area contributed by atoms with Crippen LogP contribution in [0.3, 0.4) is 0 Å². The fraction of sp³-hybridized carbons (Fsp3) is 0.269. The Bertz CT molecular complexity index is 1230. The van der Waals surface area contributed by atoms with Gasteiger partial charge in [0.15, 0.2) is 0 Å². The SMILES string of the molecule is CC(C)c1ccccc1OCCNC(=O)c1ccc(CN(c2cccc(Cl)c2)S(C)(=O)=O)cc1. The van der Waals surface area contributed by atoms with Crippen LogP contribution in [0, 0.1) is 0 Å². The van der Waals surface area contributed by atoms with Gasteiger partial charge in [-0.3, -0.25) is 9.10 Å². The Kier molecular flexibility index (Phi) is 8.58. The van der Waals surface area contributed by atoms with E-state index < -0.39 is 10.0 Å². The minimum atomic E-state index is -3.52. The first-order chi connectivity index (χ1) is 16.1. The Morgan fingerprint density at radius 3 is 2.38 bits per heavy atom. The van der Waals surface area contributed by atoms with Crippen LogP contribution in [-0.2, 0) is 16.6 Å². The molecule has 0 aliphatic carbocycles. The van der Waals surface area contributed by atoms with E-state index >= 15 is 0 Å². The van der Waals surface area contributed by atoms with Gasteiger partial charge in [-0.25, -0.2) is 8.42 Å². The summed E-state index contributed by atoms with van der Waals surface area (Å²) < 4.78 is 31.8. The lowest BCUT2D eigenvalue weighted by Crippen LogP contribution is -2.29. The molecule has 3 aromatic rings. The zero-order valence-corrected chi connectivity index (χ0v) is 21.1. The predicted molar refractivity (Wildman–Crippen MR) is 137 cm³/mol. The Morgan fingerprint density at radius 2 is 1.74 bits per heavy atom. The molecule has 3 aromatic carbocycles. The number of carbonyl (C=O) groups excluding carboxylic acids is 1. The van der Waals surface area contributed by atoms with Crippen LogP contribution in [0.15, 0.2) is 72.8 Å². The van der Waals surface area contributed by atoms with Gasteiger partial charge < -0.3 is 10.1 Å². The molecule has 180 valence electrons. The van der Waals surface area contributed by atoms with Gasteiger partial charge in [0.1, 0.15) is 12.4 Å². The number of halogens is 1. The lowest BCUT2D eigenvalue weighted by Gasteiger charge is -2.22. The van der Waals surface area contributed by atoms with Gasteiger partial charge in [-0.1, -0.05) is 61.8 Å². The fourth-order valence-electron chi connectivity index (χ4n) is 3.48. The highest BCUT2D eigenvalue weighted by Gasteiger charge is 2.18. The van der Waals surface area contributed by atoms with Gasteiger partial charge in [-0.05, 0) is 53.4 Å². The molecule has 0 radical (unpaired) electrons. The van der Waals surface area contributed by atoms with E-state index in [0.717, 1.165) is 23.1 Å². The summed E-state index contributed by atoms with van der Waals surface area (Å²) in [6.45, 7) is 5.07. The van der Waals surface area contributed by atoms with Crippen LogP contribution >= 0.6 is 11.6 Å². The van der Waals surface area contributed by atoms with Crippen molar-refractivity contribution < 1.29 is 17.9 Å². The van der Waals surface area contributed by atoms with E-state index in [9.17, 15) is 13.2 Å². The van der Waals surface area contributed by atoms with Crippen LogP contribution < -0.4 is 14.4 Å². The second-order valence-corrected chi connectivity index (χ2v) is 10.6. The summed E-state index contributed by atoms with van der Waals surface area (Å²) in [5.74, 6) is 0.954. The molecule has 0 aliphatic rings. The van der Waals surface area contributed by atoms with Crippen LogP contribution in [0.25, 0.3) is 0 Å². The summed E-state index contributed by atoms with van der Waals surface area (Å²) in [5, 5.41) is 3.30. The third-order valence-corrected chi connectivity index (χ3v) is 6.60. The molecule has 0 aromatic heterocycles. The van der Waals surface area contributed by atoms with E-state index in [1.807, 2.05) is 24.3 Å². The molecule has 0 saturated carbocycles. The molecule has 8 heteroatoms. The maximum Gasteiger partial charge on any atom is 0.251 e. The molecular formula is C26H29ClN2O4S. The van der Waals surface area contributed by atoms with Gasteiger partial charge in [0.05, 0.1) is 25.0 Å². The molecule has 3 rings (SSSR count). The summed E-state index contributed by atoms with van der Waals surface area (Å²) in [6, 6.07) is 21.4. The van der Waals surface area contributed by atoms with E-state index in [2.05, 4.69) is 19.2 Å². The van der Waals surface area contributed by atoms with Crippen LogP contribution in [0.4, 0.5) is 5.69 Å². The van der Waals surface area contributed by atoms with E-state index in [1.54, 1.807) is 48.5 Å². The molecule has 0 atom stereocenters. The van der Waals surface area contributed by atoms with Crippen molar-refractivity contribution in [3.8, 4) is 5.75 Å². The highest BCUT2D eigenvalue weighted by Crippen LogP contribution is 2.26. The Labute approximate surface area is 206 Å². The number of anilines is 1. The van der Waals surface area contributed by atoms with Gasteiger partial charge in [-0.2, -0.15) is 0 Å².